The van der Waals surface area contributed by atoms with Crippen LogP contribution in [0.15, 0.2) is 12.2 Å². The average Bonchev–Trinajstić information content (AvgIpc) is 3.04. The molecular weight excluding hydrogens is 388 g/mol. The first-order valence-electron chi connectivity index (χ1n) is 12.9. The summed E-state index contributed by atoms with van der Waals surface area (Å²) in [5.41, 5.74) is 0.627. The minimum Gasteiger partial charge on any atom is -0.299 e. The Morgan fingerprint density at radius 3 is 2.30 bits per heavy atom. The van der Waals surface area contributed by atoms with Crippen LogP contribution in [0.5, 0.6) is 0 Å². The van der Waals surface area contributed by atoms with Crippen LogP contribution in [0.25, 0.3) is 0 Å². The Kier molecular flexibility index (Phi) is 6.28. The van der Waals surface area contributed by atoms with E-state index in [9.17, 15) is 4.79 Å². The van der Waals surface area contributed by atoms with E-state index in [1.807, 2.05) is 0 Å². The molecule has 4 fully saturated rings. The predicted octanol–water partition coefficient (Wildman–Crippen LogP) is 7.92. The summed E-state index contributed by atoms with van der Waals surface area (Å²) in [5.74, 6) is 5.68. The molecule has 0 aliphatic heterocycles. The minimum atomic E-state index is 0.211. The molecular formula is C28H45ClO. The number of halogens is 1. The Bertz CT molecular complexity index is 682. The highest BCUT2D eigenvalue weighted by Gasteiger charge is 2.62. The molecule has 10 unspecified atom stereocenters. The van der Waals surface area contributed by atoms with E-state index in [-0.39, 0.29) is 16.7 Å². The first kappa shape index (κ1) is 22.9. The van der Waals surface area contributed by atoms with Crippen molar-refractivity contribution >= 4 is 17.4 Å². The SMILES string of the molecule is CC(C)C(C)/C=C/C(C)C1CCC2C3CC(=O)C4CC(Cl)CCC4(C)C3CCC12C. The van der Waals surface area contributed by atoms with Gasteiger partial charge in [-0.15, -0.1) is 11.6 Å². The number of hydrogen-bond acceptors (Lipinski definition) is 1. The molecule has 170 valence electrons. The number of carbonyl (C=O) groups is 1. The lowest BCUT2D eigenvalue weighted by Gasteiger charge is -2.60. The molecule has 4 aliphatic carbocycles. The van der Waals surface area contributed by atoms with E-state index in [0.717, 1.165) is 43.4 Å². The maximum absolute atomic E-state index is 13.3. The number of allylic oxidation sites excluding steroid dienone is 2. The molecule has 4 rings (SSSR count). The van der Waals surface area contributed by atoms with Crippen molar-refractivity contribution in [3.8, 4) is 0 Å². The van der Waals surface area contributed by atoms with Crippen molar-refractivity contribution in [2.24, 2.45) is 58.2 Å². The second-order valence-electron chi connectivity index (χ2n) is 12.6. The molecule has 1 nitrogen and oxygen atoms in total. The molecule has 0 bridgehead atoms. The number of fused-ring (bicyclic) bond motifs is 5. The van der Waals surface area contributed by atoms with Crippen LogP contribution in [0.2, 0.25) is 0 Å². The number of hydrogen-bond donors (Lipinski definition) is 0. The van der Waals surface area contributed by atoms with E-state index in [1.54, 1.807) is 0 Å². The van der Waals surface area contributed by atoms with Gasteiger partial charge >= 0.3 is 0 Å². The van der Waals surface area contributed by atoms with Gasteiger partial charge in [0.2, 0.25) is 0 Å². The fourth-order valence-electron chi connectivity index (χ4n) is 8.60. The molecule has 10 atom stereocenters. The Balaban J connectivity index is 1.54. The van der Waals surface area contributed by atoms with Gasteiger partial charge < -0.3 is 0 Å². The van der Waals surface area contributed by atoms with E-state index in [2.05, 4.69) is 53.7 Å². The second-order valence-corrected chi connectivity index (χ2v) is 13.2. The van der Waals surface area contributed by atoms with Gasteiger partial charge in [0.15, 0.2) is 0 Å². The average molecular weight is 433 g/mol. The Morgan fingerprint density at radius 1 is 0.933 bits per heavy atom. The van der Waals surface area contributed by atoms with Crippen molar-refractivity contribution < 1.29 is 4.79 Å². The van der Waals surface area contributed by atoms with Gasteiger partial charge in [-0.25, -0.2) is 0 Å². The summed E-state index contributed by atoms with van der Waals surface area (Å²) in [6.07, 6.45) is 14.4. The maximum Gasteiger partial charge on any atom is 0.136 e. The van der Waals surface area contributed by atoms with Crippen LogP contribution in [0.3, 0.4) is 0 Å². The molecule has 0 amide bonds. The molecule has 0 heterocycles. The lowest BCUT2D eigenvalue weighted by molar-refractivity contribution is -0.153. The van der Waals surface area contributed by atoms with Crippen molar-refractivity contribution in [2.75, 3.05) is 0 Å². The number of ketones is 1. The Labute approximate surface area is 190 Å². The zero-order valence-electron chi connectivity index (χ0n) is 20.3. The molecule has 0 spiro atoms. The molecule has 2 heteroatoms. The minimum absolute atomic E-state index is 0.211. The third-order valence-corrected chi connectivity index (χ3v) is 11.3. The zero-order chi connectivity index (χ0) is 21.8. The Hall–Kier alpha value is -0.300. The van der Waals surface area contributed by atoms with Crippen LogP contribution in [0, 0.1) is 58.2 Å². The zero-order valence-corrected chi connectivity index (χ0v) is 21.0. The van der Waals surface area contributed by atoms with Gasteiger partial charge in [-0.3, -0.25) is 4.79 Å². The summed E-state index contributed by atoms with van der Waals surface area (Å²) in [4.78, 5) is 13.3. The molecule has 4 aliphatic rings. The van der Waals surface area contributed by atoms with E-state index in [0.29, 0.717) is 34.9 Å². The van der Waals surface area contributed by atoms with Crippen LogP contribution in [0.4, 0.5) is 0 Å². The van der Waals surface area contributed by atoms with Gasteiger partial charge in [0.1, 0.15) is 5.78 Å². The fourth-order valence-corrected chi connectivity index (χ4v) is 8.89. The lowest BCUT2D eigenvalue weighted by atomic mass is 9.44. The van der Waals surface area contributed by atoms with Crippen LogP contribution >= 0.6 is 11.6 Å². The number of rotatable bonds is 4. The largest absolute Gasteiger partial charge is 0.299 e. The number of Topliss-reactive ketones (excluding diaryl/α,β-unsaturated/α-hetero) is 1. The number of alkyl halides is 1. The molecule has 30 heavy (non-hydrogen) atoms. The van der Waals surface area contributed by atoms with E-state index in [4.69, 9.17) is 11.6 Å². The summed E-state index contributed by atoms with van der Waals surface area (Å²) in [7, 11) is 0. The molecule has 0 aromatic rings. The summed E-state index contributed by atoms with van der Waals surface area (Å²) in [6.45, 7) is 14.5. The van der Waals surface area contributed by atoms with E-state index < -0.39 is 0 Å². The molecule has 0 aromatic carbocycles. The summed E-state index contributed by atoms with van der Waals surface area (Å²) >= 11 is 6.52. The first-order valence-corrected chi connectivity index (χ1v) is 13.4. The van der Waals surface area contributed by atoms with E-state index >= 15 is 0 Å². The predicted molar refractivity (Wildman–Crippen MR) is 128 cm³/mol. The van der Waals surface area contributed by atoms with Crippen molar-refractivity contribution in [3.63, 3.8) is 0 Å². The van der Waals surface area contributed by atoms with Crippen LogP contribution in [0.1, 0.15) is 92.9 Å². The van der Waals surface area contributed by atoms with Gasteiger partial charge in [-0.2, -0.15) is 0 Å². The number of carbonyl (C=O) groups excluding carboxylic acids is 1. The topological polar surface area (TPSA) is 17.1 Å². The van der Waals surface area contributed by atoms with Crippen LogP contribution in [-0.2, 0) is 4.79 Å². The second kappa shape index (κ2) is 8.24. The van der Waals surface area contributed by atoms with Gasteiger partial charge in [0.25, 0.3) is 0 Å². The summed E-state index contributed by atoms with van der Waals surface area (Å²) in [5, 5.41) is 0.217. The molecule has 4 saturated carbocycles. The van der Waals surface area contributed by atoms with Crippen molar-refractivity contribution in [3.05, 3.63) is 12.2 Å². The summed E-state index contributed by atoms with van der Waals surface area (Å²) in [6, 6.07) is 0. The highest BCUT2D eigenvalue weighted by Crippen LogP contribution is 2.67. The van der Waals surface area contributed by atoms with Crippen molar-refractivity contribution in [1.82, 2.24) is 0 Å². The molecule has 0 aromatic heterocycles. The molecule has 0 radical (unpaired) electrons. The van der Waals surface area contributed by atoms with Crippen molar-refractivity contribution in [1.29, 1.82) is 0 Å². The highest BCUT2D eigenvalue weighted by atomic mass is 35.5. The van der Waals surface area contributed by atoms with Crippen LogP contribution in [-0.4, -0.2) is 11.2 Å². The maximum atomic E-state index is 13.3. The third-order valence-electron chi connectivity index (χ3n) is 10.9. The van der Waals surface area contributed by atoms with Gasteiger partial charge in [-0.05, 0) is 97.2 Å². The third kappa shape index (κ3) is 3.64. The van der Waals surface area contributed by atoms with Gasteiger partial charge in [0.05, 0.1) is 0 Å². The smallest absolute Gasteiger partial charge is 0.136 e. The fraction of sp³-hybridized carbons (Fsp3) is 0.893. The van der Waals surface area contributed by atoms with Gasteiger partial charge in [0, 0.05) is 17.7 Å². The normalized spacial score (nSPS) is 48.3. The Morgan fingerprint density at radius 2 is 1.60 bits per heavy atom. The van der Waals surface area contributed by atoms with E-state index in [1.165, 1.54) is 25.7 Å². The standard InChI is InChI=1S/C28H45ClO/c1-17(2)18(3)7-8-19(4)22-9-10-23-21-16-26(30)25-15-20(29)11-13-28(25,6)24(21)12-14-27(22,23)5/h7-8,17-25H,9-16H2,1-6H3/b8-7+. The van der Waals surface area contributed by atoms with Crippen LogP contribution < -0.4 is 0 Å². The first-order chi connectivity index (χ1) is 14.1. The highest BCUT2D eigenvalue weighted by molar-refractivity contribution is 6.20. The monoisotopic (exact) mass is 432 g/mol. The van der Waals surface area contributed by atoms with Gasteiger partial charge in [-0.1, -0.05) is 53.7 Å². The quantitative estimate of drug-likeness (QED) is 0.325. The molecule has 0 N–H and O–H groups in total. The lowest BCUT2D eigenvalue weighted by Crippen LogP contribution is -2.56. The van der Waals surface area contributed by atoms with Crippen molar-refractivity contribution in [2.45, 2.75) is 98.3 Å². The summed E-state index contributed by atoms with van der Waals surface area (Å²) < 4.78 is 0. The molecule has 0 saturated heterocycles.